The number of carbonyl (C=O) groups is 2. The third-order valence-corrected chi connectivity index (χ3v) is 2.31. The van der Waals surface area contributed by atoms with Crippen molar-refractivity contribution >= 4 is 11.9 Å². The van der Waals surface area contributed by atoms with Crippen molar-refractivity contribution in [1.29, 1.82) is 0 Å². The number of nitrogens with zero attached hydrogens (tertiary/aromatic N) is 1. The molecule has 1 rings (SSSR count). The normalized spacial score (nSPS) is 18.9. The summed E-state index contributed by atoms with van der Waals surface area (Å²) < 4.78 is 35.8. The second-order valence-corrected chi connectivity index (χ2v) is 3.20. The van der Waals surface area contributed by atoms with Crippen LogP contribution in [0.4, 0.5) is 13.2 Å². The molecule has 0 bridgehead atoms. The summed E-state index contributed by atoms with van der Waals surface area (Å²) in [6, 6.07) is 0. The number of carboxylic acids is 1. The number of carboxylic acid groups (broad SMARTS) is 1. The summed E-state index contributed by atoms with van der Waals surface area (Å²) in [6.45, 7) is 0. The number of hydrogen-bond acceptors (Lipinski definition) is 2. The maximum atomic E-state index is 11.9. The molecule has 1 aliphatic rings. The fourth-order valence-electron chi connectivity index (χ4n) is 1.20. The van der Waals surface area contributed by atoms with Gasteiger partial charge in [0.2, 0.25) is 0 Å². The summed E-state index contributed by atoms with van der Waals surface area (Å²) in [4.78, 5) is 21.5. The maximum Gasteiger partial charge on any atom is 0.471 e. The average molecular weight is 211 g/mol. The Morgan fingerprint density at radius 1 is 1.36 bits per heavy atom. The molecule has 1 N–H and O–H groups in total. The number of amides is 1. The molecule has 0 aromatic heterocycles. The Balaban J connectivity index is 2.81. The fraction of sp³-hybridized carbons (Fsp3) is 0.714. The quantitative estimate of drug-likeness (QED) is 0.728. The van der Waals surface area contributed by atoms with Crippen LogP contribution in [0.15, 0.2) is 0 Å². The maximum absolute atomic E-state index is 11.9. The number of hydrogen-bond donors (Lipinski definition) is 1. The van der Waals surface area contributed by atoms with E-state index in [9.17, 15) is 22.8 Å². The van der Waals surface area contributed by atoms with Crippen LogP contribution in [0, 0.1) is 0 Å². The minimum atomic E-state index is -5.01. The summed E-state index contributed by atoms with van der Waals surface area (Å²) in [7, 11) is 0.858. The molecule has 14 heavy (non-hydrogen) atoms. The second-order valence-electron chi connectivity index (χ2n) is 3.20. The molecule has 7 heteroatoms. The Morgan fingerprint density at radius 2 is 1.79 bits per heavy atom. The lowest BCUT2D eigenvalue weighted by atomic mass is 10.2. The van der Waals surface area contributed by atoms with Crippen molar-refractivity contribution in [3.05, 3.63) is 0 Å². The van der Waals surface area contributed by atoms with Gasteiger partial charge in [0.05, 0.1) is 0 Å². The highest BCUT2D eigenvalue weighted by Gasteiger charge is 2.59. The lowest BCUT2D eigenvalue weighted by molar-refractivity contribution is -0.189. The number of alkyl halides is 3. The van der Waals surface area contributed by atoms with E-state index in [1.807, 2.05) is 0 Å². The van der Waals surface area contributed by atoms with Crippen LogP contribution in [0.25, 0.3) is 0 Å². The number of aliphatic carboxylic acids is 1. The van der Waals surface area contributed by atoms with Crippen molar-refractivity contribution in [2.75, 3.05) is 7.05 Å². The van der Waals surface area contributed by atoms with Gasteiger partial charge in [-0.15, -0.1) is 0 Å². The topological polar surface area (TPSA) is 57.6 Å². The van der Waals surface area contributed by atoms with Crippen LogP contribution in [0.3, 0.4) is 0 Å². The van der Waals surface area contributed by atoms with Gasteiger partial charge < -0.3 is 10.0 Å². The summed E-state index contributed by atoms with van der Waals surface area (Å²) in [5.74, 6) is -3.50. The molecule has 1 saturated carbocycles. The van der Waals surface area contributed by atoms with Gasteiger partial charge in [-0.05, 0) is 12.8 Å². The van der Waals surface area contributed by atoms with E-state index in [2.05, 4.69) is 0 Å². The van der Waals surface area contributed by atoms with E-state index in [1.54, 1.807) is 0 Å². The predicted molar refractivity (Wildman–Crippen MR) is 38.4 cm³/mol. The van der Waals surface area contributed by atoms with Gasteiger partial charge in [0.1, 0.15) is 5.54 Å². The van der Waals surface area contributed by atoms with Crippen LogP contribution < -0.4 is 0 Å². The standard InChI is InChI=1S/C7H8F3NO3/c1-11(4(12)7(8,9)10)6(2-3-6)5(13)14/h2-3H2,1H3,(H,13,14). The number of rotatable bonds is 2. The van der Waals surface area contributed by atoms with Crippen molar-refractivity contribution in [3.8, 4) is 0 Å². The van der Waals surface area contributed by atoms with E-state index in [4.69, 9.17) is 5.11 Å². The lowest BCUT2D eigenvalue weighted by Gasteiger charge is -2.25. The Bertz CT molecular complexity index is 282. The molecule has 0 aliphatic heterocycles. The molecule has 0 saturated heterocycles. The zero-order valence-electron chi connectivity index (χ0n) is 7.26. The molecular weight excluding hydrogens is 203 g/mol. The number of likely N-dealkylation sites (N-methyl/N-ethyl adjacent to an activating group) is 1. The largest absolute Gasteiger partial charge is 0.479 e. The van der Waals surface area contributed by atoms with Crippen LogP contribution in [-0.2, 0) is 9.59 Å². The molecule has 1 amide bonds. The van der Waals surface area contributed by atoms with Crippen LogP contribution in [-0.4, -0.2) is 40.6 Å². The zero-order chi connectivity index (χ0) is 11.1. The Hall–Kier alpha value is -1.27. The molecular formula is C7H8F3NO3. The average Bonchev–Trinajstić information content (AvgIpc) is 2.79. The highest BCUT2D eigenvalue weighted by atomic mass is 19.4. The fourth-order valence-corrected chi connectivity index (χ4v) is 1.20. The van der Waals surface area contributed by atoms with Gasteiger partial charge in [-0.25, -0.2) is 4.79 Å². The first-order chi connectivity index (χ1) is 6.22. The smallest absolute Gasteiger partial charge is 0.471 e. The summed E-state index contributed by atoms with van der Waals surface area (Å²) in [5, 5.41) is 8.63. The molecule has 80 valence electrons. The van der Waals surface area contributed by atoms with E-state index < -0.39 is 23.6 Å². The van der Waals surface area contributed by atoms with E-state index in [0.29, 0.717) is 0 Å². The minimum absolute atomic E-state index is 0.0701. The Labute approximate surface area is 77.3 Å². The highest BCUT2D eigenvalue weighted by Crippen LogP contribution is 2.42. The number of halogens is 3. The molecule has 1 aliphatic carbocycles. The first-order valence-electron chi connectivity index (χ1n) is 3.80. The first kappa shape index (κ1) is 10.8. The van der Waals surface area contributed by atoms with E-state index >= 15 is 0 Å². The van der Waals surface area contributed by atoms with Crippen LogP contribution in [0.5, 0.6) is 0 Å². The molecule has 0 spiro atoms. The number of carbonyl (C=O) groups excluding carboxylic acids is 1. The molecule has 0 unspecified atom stereocenters. The van der Waals surface area contributed by atoms with Crippen LogP contribution in [0.1, 0.15) is 12.8 Å². The van der Waals surface area contributed by atoms with Gasteiger partial charge in [-0.3, -0.25) is 4.79 Å². The van der Waals surface area contributed by atoms with Crippen LogP contribution in [0.2, 0.25) is 0 Å². The molecule has 0 radical (unpaired) electrons. The molecule has 0 heterocycles. The lowest BCUT2D eigenvalue weighted by Crippen LogP contribution is -2.49. The van der Waals surface area contributed by atoms with Gasteiger partial charge in [0.15, 0.2) is 0 Å². The van der Waals surface area contributed by atoms with Gasteiger partial charge >= 0.3 is 18.1 Å². The molecule has 0 atom stereocenters. The third-order valence-electron chi connectivity index (χ3n) is 2.31. The third kappa shape index (κ3) is 1.53. The van der Waals surface area contributed by atoms with E-state index in [1.165, 1.54) is 0 Å². The Morgan fingerprint density at radius 3 is 2.00 bits per heavy atom. The van der Waals surface area contributed by atoms with E-state index in [-0.39, 0.29) is 17.7 Å². The summed E-state index contributed by atoms with van der Waals surface area (Å²) in [6.07, 6.45) is -4.87. The molecule has 0 aromatic rings. The van der Waals surface area contributed by atoms with Crippen molar-refractivity contribution < 1.29 is 27.9 Å². The monoisotopic (exact) mass is 211 g/mol. The van der Waals surface area contributed by atoms with Gasteiger partial charge in [0.25, 0.3) is 0 Å². The SMILES string of the molecule is CN(C(=O)C(F)(F)F)C1(C(=O)O)CC1. The van der Waals surface area contributed by atoms with Gasteiger partial charge in [-0.1, -0.05) is 0 Å². The Kier molecular flexibility index (Phi) is 2.21. The van der Waals surface area contributed by atoms with Crippen molar-refractivity contribution in [3.63, 3.8) is 0 Å². The highest BCUT2D eigenvalue weighted by molar-refractivity contribution is 5.91. The van der Waals surface area contributed by atoms with Crippen molar-refractivity contribution in [1.82, 2.24) is 4.90 Å². The van der Waals surface area contributed by atoms with Crippen molar-refractivity contribution in [2.24, 2.45) is 0 Å². The predicted octanol–water partition coefficient (Wildman–Crippen LogP) is 0.624. The second kappa shape index (κ2) is 2.86. The molecule has 4 nitrogen and oxygen atoms in total. The minimum Gasteiger partial charge on any atom is -0.479 e. The summed E-state index contributed by atoms with van der Waals surface area (Å²) >= 11 is 0. The van der Waals surface area contributed by atoms with Crippen LogP contribution >= 0.6 is 0 Å². The van der Waals surface area contributed by atoms with Crippen molar-refractivity contribution in [2.45, 2.75) is 24.6 Å². The van der Waals surface area contributed by atoms with E-state index in [0.717, 1.165) is 7.05 Å². The molecule has 0 aromatic carbocycles. The van der Waals surface area contributed by atoms with Gasteiger partial charge in [-0.2, -0.15) is 13.2 Å². The zero-order valence-corrected chi connectivity index (χ0v) is 7.26. The molecule has 1 fully saturated rings. The first-order valence-corrected chi connectivity index (χ1v) is 3.80. The summed E-state index contributed by atoms with van der Waals surface area (Å²) in [5.41, 5.74) is -1.63. The van der Waals surface area contributed by atoms with Gasteiger partial charge in [0, 0.05) is 7.05 Å².